The number of anilines is 1. The first-order valence-corrected chi connectivity index (χ1v) is 8.25. The molecular weight excluding hydrogens is 305 g/mol. The molecule has 2 aromatic carbocycles. The zero-order valence-electron chi connectivity index (χ0n) is 13.8. The molecule has 0 bridgehead atoms. The fraction of sp³-hybridized carbons (Fsp3) is 0.316. The van der Waals surface area contributed by atoms with E-state index >= 15 is 0 Å². The molecule has 126 valence electrons. The molecule has 3 rings (SSSR count). The van der Waals surface area contributed by atoms with Crippen molar-refractivity contribution < 1.29 is 9.13 Å². The third kappa shape index (κ3) is 3.57. The highest BCUT2D eigenvalue weighted by atomic mass is 19.1. The van der Waals surface area contributed by atoms with E-state index in [0.29, 0.717) is 13.2 Å². The van der Waals surface area contributed by atoms with Gasteiger partial charge in [-0.2, -0.15) is 5.10 Å². The average molecular weight is 327 g/mol. The molecule has 0 aliphatic carbocycles. The van der Waals surface area contributed by atoms with Crippen LogP contribution in [0, 0.1) is 5.82 Å². The second-order valence-electron chi connectivity index (χ2n) is 5.75. The van der Waals surface area contributed by atoms with E-state index in [-0.39, 0.29) is 11.9 Å². The molecule has 1 heterocycles. The van der Waals surface area contributed by atoms with E-state index < -0.39 is 0 Å². The van der Waals surface area contributed by atoms with Gasteiger partial charge >= 0.3 is 0 Å². The van der Waals surface area contributed by atoms with Crippen LogP contribution < -0.4 is 15.5 Å². The Labute approximate surface area is 141 Å². The van der Waals surface area contributed by atoms with Crippen LogP contribution in [-0.4, -0.2) is 18.9 Å². The van der Waals surface area contributed by atoms with Gasteiger partial charge in [0.1, 0.15) is 11.6 Å². The van der Waals surface area contributed by atoms with Crippen molar-refractivity contribution in [2.75, 3.05) is 18.2 Å². The van der Waals surface area contributed by atoms with Crippen molar-refractivity contribution in [3.8, 4) is 5.75 Å². The molecule has 1 aliphatic heterocycles. The van der Waals surface area contributed by atoms with E-state index in [4.69, 9.17) is 15.6 Å². The molecule has 1 atom stereocenters. The van der Waals surface area contributed by atoms with Crippen LogP contribution in [-0.2, 0) is 0 Å². The van der Waals surface area contributed by atoms with E-state index in [1.807, 2.05) is 48.3 Å². The summed E-state index contributed by atoms with van der Waals surface area (Å²) in [6.07, 6.45) is 1.57. The van der Waals surface area contributed by atoms with Gasteiger partial charge in [-0.15, -0.1) is 0 Å². The van der Waals surface area contributed by atoms with Crippen LogP contribution in [0.4, 0.5) is 10.1 Å². The highest BCUT2D eigenvalue weighted by molar-refractivity contribution is 5.89. The zero-order valence-corrected chi connectivity index (χ0v) is 13.8. The van der Waals surface area contributed by atoms with E-state index in [9.17, 15) is 4.39 Å². The molecule has 0 aromatic heterocycles. The average Bonchev–Trinajstić information content (AvgIpc) is 3.01. The third-order valence-corrected chi connectivity index (χ3v) is 4.07. The van der Waals surface area contributed by atoms with Gasteiger partial charge in [0.2, 0.25) is 0 Å². The number of nitrogens with two attached hydrogens (primary N) is 1. The highest BCUT2D eigenvalue weighted by Crippen LogP contribution is 2.36. The Balaban J connectivity index is 1.89. The van der Waals surface area contributed by atoms with Gasteiger partial charge in [-0.05, 0) is 61.9 Å². The molecule has 0 fully saturated rings. The Hall–Kier alpha value is -2.40. The summed E-state index contributed by atoms with van der Waals surface area (Å²) in [5, 5.41) is 6.73. The Morgan fingerprint density at radius 1 is 1.17 bits per heavy atom. The van der Waals surface area contributed by atoms with Crippen molar-refractivity contribution >= 4 is 11.4 Å². The molecule has 1 aliphatic rings. The maximum Gasteiger partial charge on any atom is 0.123 e. The molecule has 0 saturated carbocycles. The number of hydrazone groups is 1. The zero-order chi connectivity index (χ0) is 16.9. The van der Waals surface area contributed by atoms with Crippen molar-refractivity contribution in [2.24, 2.45) is 10.8 Å². The first-order chi connectivity index (χ1) is 11.7. The van der Waals surface area contributed by atoms with Gasteiger partial charge in [0, 0.05) is 12.1 Å². The summed E-state index contributed by atoms with van der Waals surface area (Å²) in [6.45, 7) is 3.18. The number of benzene rings is 2. The van der Waals surface area contributed by atoms with Gasteiger partial charge in [0.25, 0.3) is 0 Å². The smallest absolute Gasteiger partial charge is 0.123 e. The van der Waals surface area contributed by atoms with E-state index in [1.54, 1.807) is 0 Å². The van der Waals surface area contributed by atoms with Crippen LogP contribution in [0.25, 0.3) is 0 Å². The molecule has 2 N–H and O–H groups in total. The standard InChI is InChI=1S/C19H22FN3O/c1-2-24-18-9-7-17(8-10-18)23-19(13-16(22-23)11-12-21)14-3-5-15(20)6-4-14/h3-10,19H,2,11-13,21H2,1H3. The van der Waals surface area contributed by atoms with Crippen molar-refractivity contribution in [3.63, 3.8) is 0 Å². The summed E-state index contributed by atoms with van der Waals surface area (Å²) in [5.41, 5.74) is 8.78. The van der Waals surface area contributed by atoms with Gasteiger partial charge < -0.3 is 10.5 Å². The molecule has 0 saturated heterocycles. The lowest BCUT2D eigenvalue weighted by Crippen LogP contribution is -2.18. The van der Waals surface area contributed by atoms with Crippen LogP contribution >= 0.6 is 0 Å². The summed E-state index contributed by atoms with van der Waals surface area (Å²) in [7, 11) is 0. The Morgan fingerprint density at radius 3 is 2.50 bits per heavy atom. The second-order valence-corrected chi connectivity index (χ2v) is 5.75. The topological polar surface area (TPSA) is 50.8 Å². The predicted octanol–water partition coefficient (Wildman–Crippen LogP) is 3.88. The molecule has 5 heteroatoms. The fourth-order valence-corrected chi connectivity index (χ4v) is 2.93. The van der Waals surface area contributed by atoms with Gasteiger partial charge in [-0.1, -0.05) is 12.1 Å². The Morgan fingerprint density at radius 2 is 1.88 bits per heavy atom. The van der Waals surface area contributed by atoms with Gasteiger partial charge in [0.05, 0.1) is 18.3 Å². The van der Waals surface area contributed by atoms with Gasteiger partial charge in [-0.3, -0.25) is 5.01 Å². The molecule has 4 nitrogen and oxygen atoms in total. The fourth-order valence-electron chi connectivity index (χ4n) is 2.93. The summed E-state index contributed by atoms with van der Waals surface area (Å²) in [5.74, 6) is 0.609. The lowest BCUT2D eigenvalue weighted by atomic mass is 10.0. The minimum atomic E-state index is -0.229. The van der Waals surface area contributed by atoms with Crippen LogP contribution in [0.3, 0.4) is 0 Å². The van der Waals surface area contributed by atoms with Crippen molar-refractivity contribution in [1.82, 2.24) is 0 Å². The Bertz CT molecular complexity index is 698. The highest BCUT2D eigenvalue weighted by Gasteiger charge is 2.28. The van der Waals surface area contributed by atoms with Gasteiger partial charge in [0.15, 0.2) is 0 Å². The summed E-state index contributed by atoms with van der Waals surface area (Å²) in [6, 6.07) is 14.6. The lowest BCUT2D eigenvalue weighted by Gasteiger charge is -2.24. The second kappa shape index (κ2) is 7.45. The quantitative estimate of drug-likeness (QED) is 0.876. The molecule has 2 aromatic rings. The third-order valence-electron chi connectivity index (χ3n) is 4.07. The number of nitrogens with zero attached hydrogens (tertiary/aromatic N) is 2. The molecular formula is C19H22FN3O. The van der Waals surface area contributed by atoms with Gasteiger partial charge in [-0.25, -0.2) is 4.39 Å². The van der Waals surface area contributed by atoms with Crippen LogP contribution in [0.1, 0.15) is 31.4 Å². The summed E-state index contributed by atoms with van der Waals surface area (Å²) < 4.78 is 18.7. The number of ether oxygens (including phenoxy) is 1. The SMILES string of the molecule is CCOc1ccc(N2N=C(CCN)CC2c2ccc(F)cc2)cc1. The van der Waals surface area contributed by atoms with E-state index in [0.717, 1.165) is 35.6 Å². The maximum absolute atomic E-state index is 13.2. The molecule has 24 heavy (non-hydrogen) atoms. The normalized spacial score (nSPS) is 17.0. The molecule has 0 spiro atoms. The van der Waals surface area contributed by atoms with Crippen LogP contribution in [0.2, 0.25) is 0 Å². The number of hydrogen-bond donors (Lipinski definition) is 1. The van der Waals surface area contributed by atoms with Crippen molar-refractivity contribution in [1.29, 1.82) is 0 Å². The van der Waals surface area contributed by atoms with Crippen LogP contribution in [0.5, 0.6) is 5.75 Å². The van der Waals surface area contributed by atoms with Crippen LogP contribution in [0.15, 0.2) is 53.6 Å². The monoisotopic (exact) mass is 327 g/mol. The lowest BCUT2D eigenvalue weighted by molar-refractivity contribution is 0.340. The first kappa shape index (κ1) is 16.5. The number of halogens is 1. The maximum atomic E-state index is 13.2. The predicted molar refractivity (Wildman–Crippen MR) is 95.0 cm³/mol. The van der Waals surface area contributed by atoms with E-state index in [2.05, 4.69) is 0 Å². The number of hydrogen-bond acceptors (Lipinski definition) is 4. The van der Waals surface area contributed by atoms with Crippen molar-refractivity contribution in [3.05, 3.63) is 59.9 Å². The minimum absolute atomic E-state index is 0.0603. The Kier molecular flexibility index (Phi) is 5.11. The summed E-state index contributed by atoms with van der Waals surface area (Å²) in [4.78, 5) is 0. The summed E-state index contributed by atoms with van der Waals surface area (Å²) >= 11 is 0. The van der Waals surface area contributed by atoms with Crippen molar-refractivity contribution in [2.45, 2.75) is 25.8 Å². The number of rotatable bonds is 6. The molecule has 0 amide bonds. The largest absolute Gasteiger partial charge is 0.494 e. The molecule has 1 unspecified atom stereocenters. The van der Waals surface area contributed by atoms with E-state index in [1.165, 1.54) is 12.1 Å². The first-order valence-electron chi connectivity index (χ1n) is 8.25. The minimum Gasteiger partial charge on any atom is -0.494 e. The molecule has 0 radical (unpaired) electrons.